The van der Waals surface area contributed by atoms with Crippen LogP contribution in [0.15, 0.2) is 29.4 Å². The van der Waals surface area contributed by atoms with Gasteiger partial charge in [0.1, 0.15) is 6.10 Å². The summed E-state index contributed by atoms with van der Waals surface area (Å²) >= 11 is 0. The Kier molecular flexibility index (Phi) is 3.82. The molecule has 0 aliphatic carbocycles. The first kappa shape index (κ1) is 12.4. The van der Waals surface area contributed by atoms with Gasteiger partial charge in [0, 0.05) is 12.1 Å². The number of hydrogen-bond donors (Lipinski definition) is 2. The van der Waals surface area contributed by atoms with Crippen molar-refractivity contribution < 1.29 is 9.63 Å². The number of rotatable bonds is 3. The zero-order chi connectivity index (χ0) is 13.0. The Morgan fingerprint density at radius 1 is 1.50 bits per heavy atom. The number of urea groups is 1. The molecule has 5 heteroatoms. The molecule has 5 nitrogen and oxygen atoms in total. The molecule has 1 unspecified atom stereocenters. The van der Waals surface area contributed by atoms with Crippen LogP contribution >= 0.6 is 0 Å². The summed E-state index contributed by atoms with van der Waals surface area (Å²) in [7, 11) is 0. The molecule has 2 N–H and O–H groups in total. The molecule has 1 aliphatic rings. The lowest BCUT2D eigenvalue weighted by Gasteiger charge is -2.11. The summed E-state index contributed by atoms with van der Waals surface area (Å²) in [5.41, 5.74) is 2.85. The number of anilines is 1. The second-order valence-electron chi connectivity index (χ2n) is 4.46. The highest BCUT2D eigenvalue weighted by atomic mass is 16.6. The van der Waals surface area contributed by atoms with Crippen molar-refractivity contribution in [3.8, 4) is 0 Å². The molecule has 1 aromatic carbocycles. The average molecular weight is 247 g/mol. The highest BCUT2D eigenvalue weighted by Gasteiger charge is 2.18. The Bertz CT molecular complexity index is 471. The van der Waals surface area contributed by atoms with Crippen LogP contribution in [0.2, 0.25) is 0 Å². The van der Waals surface area contributed by atoms with Crippen LogP contribution in [0.4, 0.5) is 10.5 Å². The third-order valence-corrected chi connectivity index (χ3v) is 2.65. The summed E-state index contributed by atoms with van der Waals surface area (Å²) in [6.07, 6.45) is 0.721. The molecule has 1 heterocycles. The predicted molar refractivity (Wildman–Crippen MR) is 70.8 cm³/mol. The van der Waals surface area contributed by atoms with E-state index in [-0.39, 0.29) is 12.1 Å². The highest BCUT2D eigenvalue weighted by Crippen LogP contribution is 2.10. The summed E-state index contributed by atoms with van der Waals surface area (Å²) in [6.45, 7) is 4.35. The van der Waals surface area contributed by atoms with E-state index in [0.717, 1.165) is 23.4 Å². The van der Waals surface area contributed by atoms with Gasteiger partial charge in [-0.1, -0.05) is 17.3 Å². The van der Waals surface area contributed by atoms with Crippen molar-refractivity contribution in [1.29, 1.82) is 0 Å². The fourth-order valence-electron chi connectivity index (χ4n) is 1.78. The number of carbonyl (C=O) groups excluding carboxylic acids is 1. The molecular formula is C13H17N3O2. The second kappa shape index (κ2) is 5.53. The minimum atomic E-state index is -0.228. The topological polar surface area (TPSA) is 62.7 Å². The molecule has 0 spiro atoms. The van der Waals surface area contributed by atoms with Gasteiger partial charge >= 0.3 is 6.03 Å². The van der Waals surface area contributed by atoms with E-state index in [0.29, 0.717) is 6.54 Å². The van der Waals surface area contributed by atoms with Gasteiger partial charge in [-0.3, -0.25) is 0 Å². The van der Waals surface area contributed by atoms with E-state index in [1.807, 2.05) is 38.1 Å². The number of nitrogens with zero attached hydrogens (tertiary/aromatic N) is 1. The molecule has 1 aliphatic heterocycles. The van der Waals surface area contributed by atoms with Crippen molar-refractivity contribution in [2.75, 3.05) is 11.9 Å². The molecule has 0 radical (unpaired) electrons. The van der Waals surface area contributed by atoms with Crippen molar-refractivity contribution >= 4 is 17.4 Å². The maximum Gasteiger partial charge on any atom is 0.319 e. The van der Waals surface area contributed by atoms with Crippen molar-refractivity contribution in [2.24, 2.45) is 5.16 Å². The van der Waals surface area contributed by atoms with Crippen LogP contribution in [0.1, 0.15) is 18.9 Å². The van der Waals surface area contributed by atoms with Gasteiger partial charge in [-0.2, -0.15) is 0 Å². The van der Waals surface area contributed by atoms with Crippen molar-refractivity contribution in [3.63, 3.8) is 0 Å². The summed E-state index contributed by atoms with van der Waals surface area (Å²) < 4.78 is 0. The molecule has 0 saturated carbocycles. The van der Waals surface area contributed by atoms with Crippen molar-refractivity contribution in [3.05, 3.63) is 29.8 Å². The zero-order valence-electron chi connectivity index (χ0n) is 10.6. The van der Waals surface area contributed by atoms with Gasteiger partial charge in [-0.05, 0) is 31.5 Å². The van der Waals surface area contributed by atoms with Gasteiger partial charge in [0.2, 0.25) is 0 Å². The minimum Gasteiger partial charge on any atom is -0.390 e. The molecule has 2 amide bonds. The largest absolute Gasteiger partial charge is 0.390 e. The Hall–Kier alpha value is -2.04. The third-order valence-electron chi connectivity index (χ3n) is 2.65. The Balaban J connectivity index is 1.76. The summed E-state index contributed by atoms with van der Waals surface area (Å²) in [6, 6.07) is 7.43. The molecule has 96 valence electrons. The number of oxime groups is 1. The number of aryl methyl sites for hydroxylation is 1. The molecule has 0 fully saturated rings. The molecule has 1 aromatic rings. The van der Waals surface area contributed by atoms with E-state index in [4.69, 9.17) is 4.84 Å². The Morgan fingerprint density at radius 2 is 2.33 bits per heavy atom. The lowest BCUT2D eigenvalue weighted by Crippen LogP contribution is -2.35. The van der Waals surface area contributed by atoms with Gasteiger partial charge in [-0.25, -0.2) is 4.79 Å². The molecule has 1 atom stereocenters. The monoisotopic (exact) mass is 247 g/mol. The van der Waals surface area contributed by atoms with Gasteiger partial charge < -0.3 is 15.5 Å². The van der Waals surface area contributed by atoms with E-state index in [1.165, 1.54) is 0 Å². The number of carbonyl (C=O) groups is 1. The van der Waals surface area contributed by atoms with E-state index in [1.54, 1.807) is 0 Å². The maximum absolute atomic E-state index is 11.6. The van der Waals surface area contributed by atoms with E-state index < -0.39 is 0 Å². The fourth-order valence-corrected chi connectivity index (χ4v) is 1.78. The molecular weight excluding hydrogens is 230 g/mol. The molecule has 2 rings (SSSR count). The van der Waals surface area contributed by atoms with Crippen LogP contribution < -0.4 is 10.6 Å². The van der Waals surface area contributed by atoms with Gasteiger partial charge in [0.05, 0.1) is 12.3 Å². The predicted octanol–water partition coefficient (Wildman–Crippen LogP) is 2.28. The number of hydrogen-bond acceptors (Lipinski definition) is 3. The zero-order valence-corrected chi connectivity index (χ0v) is 10.6. The minimum absolute atomic E-state index is 0.0479. The summed E-state index contributed by atoms with van der Waals surface area (Å²) in [5, 5.41) is 9.38. The molecule has 18 heavy (non-hydrogen) atoms. The highest BCUT2D eigenvalue weighted by molar-refractivity contribution is 5.89. The van der Waals surface area contributed by atoms with Gasteiger partial charge in [-0.15, -0.1) is 0 Å². The number of amides is 2. The third kappa shape index (κ3) is 3.48. The van der Waals surface area contributed by atoms with E-state index in [9.17, 15) is 4.79 Å². The van der Waals surface area contributed by atoms with Crippen LogP contribution in [0, 0.1) is 6.92 Å². The smallest absolute Gasteiger partial charge is 0.319 e. The SMILES string of the molecule is CC1=NOC(CNC(=O)Nc2cccc(C)c2)C1. The van der Waals surface area contributed by atoms with Crippen LogP contribution in [0.25, 0.3) is 0 Å². The van der Waals surface area contributed by atoms with Crippen molar-refractivity contribution in [1.82, 2.24) is 5.32 Å². The average Bonchev–Trinajstić information content (AvgIpc) is 2.73. The normalized spacial score (nSPS) is 17.9. The molecule has 0 bridgehead atoms. The lowest BCUT2D eigenvalue weighted by molar-refractivity contribution is 0.0870. The van der Waals surface area contributed by atoms with Crippen LogP contribution in [-0.2, 0) is 4.84 Å². The first-order valence-electron chi connectivity index (χ1n) is 5.94. The number of benzene rings is 1. The van der Waals surface area contributed by atoms with Crippen LogP contribution in [0.3, 0.4) is 0 Å². The first-order valence-corrected chi connectivity index (χ1v) is 5.94. The summed E-state index contributed by atoms with van der Waals surface area (Å²) in [4.78, 5) is 16.8. The second-order valence-corrected chi connectivity index (χ2v) is 4.46. The van der Waals surface area contributed by atoms with Gasteiger partial charge in [0.15, 0.2) is 0 Å². The quantitative estimate of drug-likeness (QED) is 0.860. The molecule has 0 saturated heterocycles. The van der Waals surface area contributed by atoms with E-state index in [2.05, 4.69) is 15.8 Å². The van der Waals surface area contributed by atoms with Crippen molar-refractivity contribution in [2.45, 2.75) is 26.4 Å². The molecule has 0 aromatic heterocycles. The van der Waals surface area contributed by atoms with Crippen LogP contribution in [-0.4, -0.2) is 24.4 Å². The standard InChI is InChI=1S/C13H17N3O2/c1-9-4-3-5-11(6-9)15-13(17)14-8-12-7-10(2)16-18-12/h3-6,12H,7-8H2,1-2H3,(H2,14,15,17). The first-order chi connectivity index (χ1) is 8.63. The van der Waals surface area contributed by atoms with Crippen LogP contribution in [0.5, 0.6) is 0 Å². The van der Waals surface area contributed by atoms with Gasteiger partial charge in [0.25, 0.3) is 0 Å². The Morgan fingerprint density at radius 3 is 3.00 bits per heavy atom. The van der Waals surface area contributed by atoms with E-state index >= 15 is 0 Å². The fraction of sp³-hybridized carbons (Fsp3) is 0.385. The Labute approximate surface area is 106 Å². The number of nitrogens with one attached hydrogen (secondary N) is 2. The maximum atomic E-state index is 11.6. The lowest BCUT2D eigenvalue weighted by atomic mass is 10.2. The summed E-state index contributed by atoms with van der Waals surface area (Å²) in [5.74, 6) is 0.